The number of benzene rings is 1. The molecule has 0 aliphatic heterocycles. The predicted molar refractivity (Wildman–Crippen MR) is 120 cm³/mol. The molecule has 0 saturated heterocycles. The van der Waals surface area contributed by atoms with Gasteiger partial charge in [-0.25, -0.2) is 0 Å². The second kappa shape index (κ2) is 13.0. The van der Waals surface area contributed by atoms with E-state index in [0.717, 1.165) is 25.0 Å². The highest BCUT2D eigenvalue weighted by atomic mass is 19.4. The minimum absolute atomic E-state index is 0.00562. The predicted octanol–water partition coefficient (Wildman–Crippen LogP) is 4.63. The molecular weight excluding hydrogens is 435 g/mol. The largest absolute Gasteiger partial charge is 0.491 e. The second-order valence-electron chi connectivity index (χ2n) is 7.79. The number of rotatable bonds is 12. The number of aliphatic hydroxyl groups is 1. The third-order valence-electron chi connectivity index (χ3n) is 5.14. The molecule has 1 amide bonds. The number of halogens is 3. The van der Waals surface area contributed by atoms with Crippen molar-refractivity contribution in [2.75, 3.05) is 13.2 Å². The van der Waals surface area contributed by atoms with Crippen LogP contribution in [0.25, 0.3) is 0 Å². The minimum atomic E-state index is -4.47. The number of ketones is 1. The Bertz CT molecular complexity index is 877. The zero-order valence-corrected chi connectivity index (χ0v) is 18.6. The summed E-state index contributed by atoms with van der Waals surface area (Å²) in [6.45, 7) is 2.27. The van der Waals surface area contributed by atoms with E-state index < -0.39 is 23.8 Å². The van der Waals surface area contributed by atoms with Gasteiger partial charge in [0.25, 0.3) is 0 Å². The number of hydrogen-bond donors (Lipinski definition) is 2. The molecule has 1 aromatic rings. The molecule has 180 valence electrons. The standard InChI is InChI=1S/C25H30F3NO4/c1-2-29-24(32)11-6-4-3-5-8-18-12-15-23(31)22(18)14-13-20(30)17-33-21-10-7-9-19(16-21)25(26,27)28/h3,5,7,9-10,12-16,18,20,22,30H,2,4,6,8,11,17H2,1H3,(H,29,32)/t18-,20?,22+/m0/s1. The van der Waals surface area contributed by atoms with E-state index in [4.69, 9.17) is 4.74 Å². The molecule has 0 fully saturated rings. The fourth-order valence-corrected chi connectivity index (χ4v) is 3.41. The zero-order chi connectivity index (χ0) is 24.3. The van der Waals surface area contributed by atoms with E-state index in [1.54, 1.807) is 6.08 Å². The Balaban J connectivity index is 1.79. The van der Waals surface area contributed by atoms with E-state index in [-0.39, 0.29) is 30.0 Å². The summed E-state index contributed by atoms with van der Waals surface area (Å²) in [5, 5.41) is 12.9. The van der Waals surface area contributed by atoms with Crippen molar-refractivity contribution < 1.29 is 32.6 Å². The maximum atomic E-state index is 12.8. The number of carbonyl (C=O) groups excluding carboxylic acids is 2. The number of alkyl halides is 3. The molecule has 0 radical (unpaired) electrons. The molecule has 0 aromatic heterocycles. The van der Waals surface area contributed by atoms with Crippen molar-refractivity contribution in [3.63, 3.8) is 0 Å². The first kappa shape index (κ1) is 26.4. The van der Waals surface area contributed by atoms with Gasteiger partial charge in [0.2, 0.25) is 5.91 Å². The van der Waals surface area contributed by atoms with Crippen molar-refractivity contribution in [3.05, 3.63) is 66.3 Å². The first-order valence-corrected chi connectivity index (χ1v) is 11.0. The molecule has 0 heterocycles. The molecule has 33 heavy (non-hydrogen) atoms. The number of unbranched alkanes of at least 4 members (excludes halogenated alkanes) is 1. The Kier molecular flexibility index (Phi) is 10.4. The van der Waals surface area contributed by atoms with Gasteiger partial charge in [-0.2, -0.15) is 13.2 Å². The summed E-state index contributed by atoms with van der Waals surface area (Å²) in [6.07, 6.45) is 7.50. The highest BCUT2D eigenvalue weighted by molar-refractivity contribution is 5.95. The highest BCUT2D eigenvalue weighted by Gasteiger charge is 2.30. The van der Waals surface area contributed by atoms with Crippen molar-refractivity contribution in [1.82, 2.24) is 5.32 Å². The second-order valence-corrected chi connectivity index (χ2v) is 7.79. The van der Waals surface area contributed by atoms with Crippen LogP contribution in [0.5, 0.6) is 5.75 Å². The molecule has 1 aliphatic rings. The number of allylic oxidation sites excluding steroid dienone is 5. The summed E-state index contributed by atoms with van der Waals surface area (Å²) >= 11 is 0. The zero-order valence-electron chi connectivity index (χ0n) is 18.6. The fraction of sp³-hybridized carbons (Fsp3) is 0.440. The molecule has 5 nitrogen and oxygen atoms in total. The van der Waals surface area contributed by atoms with Gasteiger partial charge in [0.1, 0.15) is 18.5 Å². The van der Waals surface area contributed by atoms with Crippen LogP contribution < -0.4 is 10.1 Å². The van der Waals surface area contributed by atoms with Gasteiger partial charge >= 0.3 is 6.18 Å². The quantitative estimate of drug-likeness (QED) is 0.349. The van der Waals surface area contributed by atoms with E-state index >= 15 is 0 Å². The van der Waals surface area contributed by atoms with Gasteiger partial charge < -0.3 is 15.2 Å². The number of aliphatic hydroxyl groups excluding tert-OH is 1. The average molecular weight is 466 g/mol. The lowest BCUT2D eigenvalue weighted by Gasteiger charge is -2.14. The van der Waals surface area contributed by atoms with Crippen molar-refractivity contribution in [1.29, 1.82) is 0 Å². The van der Waals surface area contributed by atoms with Crippen LogP contribution in [-0.4, -0.2) is 36.1 Å². The fourth-order valence-electron chi connectivity index (χ4n) is 3.41. The van der Waals surface area contributed by atoms with E-state index in [0.29, 0.717) is 19.4 Å². The lowest BCUT2D eigenvalue weighted by atomic mass is 9.91. The molecule has 0 saturated carbocycles. The van der Waals surface area contributed by atoms with Gasteiger partial charge in [0.05, 0.1) is 5.56 Å². The molecule has 1 aliphatic carbocycles. The molecule has 8 heteroatoms. The summed E-state index contributed by atoms with van der Waals surface area (Å²) in [5.74, 6) is -0.466. The number of carbonyl (C=O) groups is 2. The number of nitrogens with one attached hydrogen (secondary N) is 1. The van der Waals surface area contributed by atoms with E-state index in [9.17, 15) is 27.9 Å². The van der Waals surface area contributed by atoms with Crippen LogP contribution in [0.15, 0.2) is 60.7 Å². The Morgan fingerprint density at radius 3 is 2.82 bits per heavy atom. The van der Waals surface area contributed by atoms with Gasteiger partial charge in [0, 0.05) is 18.9 Å². The van der Waals surface area contributed by atoms with E-state index in [1.165, 1.54) is 24.3 Å². The molecule has 0 spiro atoms. The van der Waals surface area contributed by atoms with Crippen LogP contribution in [0.3, 0.4) is 0 Å². The monoisotopic (exact) mass is 465 g/mol. The first-order chi connectivity index (χ1) is 15.7. The molecule has 2 rings (SSSR count). The Labute approximate surface area is 192 Å². The summed E-state index contributed by atoms with van der Waals surface area (Å²) in [4.78, 5) is 23.6. The van der Waals surface area contributed by atoms with Crippen LogP contribution in [-0.2, 0) is 15.8 Å². The van der Waals surface area contributed by atoms with Crippen LogP contribution in [0.1, 0.15) is 38.2 Å². The number of ether oxygens (including phenoxy) is 1. The maximum absolute atomic E-state index is 12.8. The Hall–Kier alpha value is -2.87. The summed E-state index contributed by atoms with van der Waals surface area (Å²) < 4.78 is 43.6. The van der Waals surface area contributed by atoms with Crippen LogP contribution in [0.2, 0.25) is 0 Å². The van der Waals surface area contributed by atoms with Crippen molar-refractivity contribution in [2.24, 2.45) is 11.8 Å². The SMILES string of the molecule is CCNC(=O)CCCC=CC[C@H]1C=CC(=O)[C@@H]1C=CC(O)COc1cccc(C(F)(F)F)c1. The van der Waals surface area contributed by atoms with Gasteiger partial charge in [-0.1, -0.05) is 36.4 Å². The number of amides is 1. The average Bonchev–Trinajstić information content (AvgIpc) is 3.12. The lowest BCUT2D eigenvalue weighted by Crippen LogP contribution is -2.21. The third-order valence-corrected chi connectivity index (χ3v) is 5.14. The Morgan fingerprint density at radius 2 is 2.09 bits per heavy atom. The van der Waals surface area contributed by atoms with Gasteiger partial charge in [-0.3, -0.25) is 9.59 Å². The van der Waals surface area contributed by atoms with Crippen LogP contribution in [0.4, 0.5) is 13.2 Å². The molecule has 1 unspecified atom stereocenters. The topological polar surface area (TPSA) is 75.6 Å². The summed E-state index contributed by atoms with van der Waals surface area (Å²) in [7, 11) is 0. The van der Waals surface area contributed by atoms with E-state index in [2.05, 4.69) is 5.32 Å². The number of hydrogen-bond acceptors (Lipinski definition) is 4. The van der Waals surface area contributed by atoms with Gasteiger partial charge in [-0.15, -0.1) is 0 Å². The minimum Gasteiger partial charge on any atom is -0.491 e. The summed E-state index contributed by atoms with van der Waals surface area (Å²) in [5.41, 5.74) is -0.826. The maximum Gasteiger partial charge on any atom is 0.416 e. The molecular formula is C25H30F3NO4. The molecule has 2 N–H and O–H groups in total. The summed E-state index contributed by atoms with van der Waals surface area (Å²) in [6, 6.07) is 4.44. The van der Waals surface area contributed by atoms with Crippen LogP contribution >= 0.6 is 0 Å². The van der Waals surface area contributed by atoms with Crippen molar-refractivity contribution in [3.8, 4) is 5.75 Å². The molecule has 1 aromatic carbocycles. The van der Waals surface area contributed by atoms with Crippen molar-refractivity contribution in [2.45, 2.75) is 44.9 Å². The van der Waals surface area contributed by atoms with Gasteiger partial charge in [0.15, 0.2) is 5.78 Å². The van der Waals surface area contributed by atoms with Crippen LogP contribution in [0, 0.1) is 11.8 Å². The Morgan fingerprint density at radius 1 is 1.30 bits per heavy atom. The normalized spacial score (nSPS) is 19.5. The molecule has 3 atom stereocenters. The third kappa shape index (κ3) is 9.26. The van der Waals surface area contributed by atoms with Gasteiger partial charge in [-0.05, 0) is 56.4 Å². The first-order valence-electron chi connectivity index (χ1n) is 11.0. The van der Waals surface area contributed by atoms with E-state index in [1.807, 2.05) is 25.2 Å². The molecule has 0 bridgehead atoms. The highest BCUT2D eigenvalue weighted by Crippen LogP contribution is 2.31. The van der Waals surface area contributed by atoms with Crippen molar-refractivity contribution >= 4 is 11.7 Å². The smallest absolute Gasteiger partial charge is 0.416 e. The lowest BCUT2D eigenvalue weighted by molar-refractivity contribution is -0.137.